The molecule has 3 aromatic rings. The number of para-hydroxylation sites is 2. The van der Waals surface area contributed by atoms with Crippen molar-refractivity contribution in [2.75, 3.05) is 24.6 Å². The molecular formula is C18H19N3O2. The van der Waals surface area contributed by atoms with Crippen molar-refractivity contribution in [1.82, 2.24) is 9.97 Å². The van der Waals surface area contributed by atoms with Crippen molar-refractivity contribution < 1.29 is 9.15 Å². The highest BCUT2D eigenvalue weighted by molar-refractivity contribution is 5.74. The third-order valence-corrected chi connectivity index (χ3v) is 4.27. The third kappa shape index (κ3) is 3.13. The first-order valence-electron chi connectivity index (χ1n) is 8.03. The fraction of sp³-hybridized carbons (Fsp3) is 0.333. The second-order valence-corrected chi connectivity index (χ2v) is 5.87. The van der Waals surface area contributed by atoms with Gasteiger partial charge in [0.1, 0.15) is 5.52 Å². The molecule has 118 valence electrons. The number of fused-ring (bicyclic) bond motifs is 1. The number of pyridine rings is 1. The van der Waals surface area contributed by atoms with Crippen molar-refractivity contribution >= 4 is 17.1 Å². The molecule has 0 amide bonds. The van der Waals surface area contributed by atoms with Crippen LogP contribution in [-0.2, 0) is 0 Å². The van der Waals surface area contributed by atoms with Crippen LogP contribution in [0.4, 0.5) is 6.01 Å². The van der Waals surface area contributed by atoms with Crippen LogP contribution in [0.15, 0.2) is 53.1 Å². The Hall–Kier alpha value is -2.56. The molecule has 1 aliphatic rings. The number of nitrogens with zero attached hydrogens (tertiary/aromatic N) is 3. The minimum Gasteiger partial charge on any atom is -0.477 e. The zero-order valence-electron chi connectivity index (χ0n) is 12.9. The Morgan fingerprint density at radius 1 is 1.09 bits per heavy atom. The quantitative estimate of drug-likeness (QED) is 0.738. The molecule has 0 aliphatic carbocycles. The maximum Gasteiger partial charge on any atom is 0.298 e. The van der Waals surface area contributed by atoms with E-state index >= 15 is 0 Å². The first-order valence-corrected chi connectivity index (χ1v) is 8.03. The Labute approximate surface area is 134 Å². The summed E-state index contributed by atoms with van der Waals surface area (Å²) in [5, 5.41) is 0. The topological polar surface area (TPSA) is 51.4 Å². The van der Waals surface area contributed by atoms with Gasteiger partial charge in [0.25, 0.3) is 6.01 Å². The van der Waals surface area contributed by atoms with E-state index in [1.807, 2.05) is 42.5 Å². The predicted molar refractivity (Wildman–Crippen MR) is 88.7 cm³/mol. The largest absolute Gasteiger partial charge is 0.477 e. The van der Waals surface area contributed by atoms with E-state index in [0.717, 1.165) is 49.7 Å². The van der Waals surface area contributed by atoms with Crippen molar-refractivity contribution in [3.8, 4) is 5.88 Å². The van der Waals surface area contributed by atoms with Gasteiger partial charge in [0.05, 0.1) is 6.61 Å². The molecule has 0 unspecified atom stereocenters. The van der Waals surface area contributed by atoms with Crippen molar-refractivity contribution in [3.05, 3.63) is 48.7 Å². The van der Waals surface area contributed by atoms with Crippen molar-refractivity contribution in [2.45, 2.75) is 12.8 Å². The summed E-state index contributed by atoms with van der Waals surface area (Å²) in [5.74, 6) is 1.26. The molecule has 1 aromatic carbocycles. The molecule has 3 heterocycles. The van der Waals surface area contributed by atoms with Gasteiger partial charge in [-0.05, 0) is 37.0 Å². The molecule has 0 bridgehead atoms. The Kier molecular flexibility index (Phi) is 3.84. The molecule has 5 nitrogen and oxygen atoms in total. The summed E-state index contributed by atoms with van der Waals surface area (Å²) in [7, 11) is 0. The van der Waals surface area contributed by atoms with E-state index in [4.69, 9.17) is 9.15 Å². The van der Waals surface area contributed by atoms with Crippen LogP contribution in [0.3, 0.4) is 0 Å². The van der Waals surface area contributed by atoms with Gasteiger partial charge >= 0.3 is 0 Å². The number of hydrogen-bond acceptors (Lipinski definition) is 5. The van der Waals surface area contributed by atoms with Gasteiger partial charge in [0, 0.05) is 25.4 Å². The summed E-state index contributed by atoms with van der Waals surface area (Å²) in [6.07, 6.45) is 3.91. The summed E-state index contributed by atoms with van der Waals surface area (Å²) in [6.45, 7) is 2.62. The van der Waals surface area contributed by atoms with Crippen LogP contribution in [0.25, 0.3) is 11.1 Å². The lowest BCUT2D eigenvalue weighted by Gasteiger charge is -2.30. The van der Waals surface area contributed by atoms with Crippen LogP contribution in [0.2, 0.25) is 0 Å². The molecule has 0 radical (unpaired) electrons. The summed E-state index contributed by atoms with van der Waals surface area (Å²) in [4.78, 5) is 11.0. The van der Waals surface area contributed by atoms with Crippen molar-refractivity contribution in [1.29, 1.82) is 0 Å². The summed E-state index contributed by atoms with van der Waals surface area (Å²) in [6, 6.07) is 14.4. The number of hydrogen-bond donors (Lipinski definition) is 0. The first kappa shape index (κ1) is 14.1. The molecule has 0 saturated carbocycles. The molecule has 4 rings (SSSR count). The molecule has 1 aliphatic heterocycles. The SMILES string of the molecule is c1ccc(OCC2CCN(c3nc4ccccc4o3)CC2)nc1. The summed E-state index contributed by atoms with van der Waals surface area (Å²) < 4.78 is 11.6. The maximum atomic E-state index is 5.85. The highest BCUT2D eigenvalue weighted by Gasteiger charge is 2.23. The monoisotopic (exact) mass is 309 g/mol. The van der Waals surface area contributed by atoms with E-state index in [-0.39, 0.29) is 0 Å². The standard InChI is InChI=1S/C18H19N3O2/c1-2-6-16-15(5-1)20-18(23-16)21-11-8-14(9-12-21)13-22-17-7-3-4-10-19-17/h1-7,10,14H,8-9,11-13H2. The van der Waals surface area contributed by atoms with Gasteiger partial charge < -0.3 is 14.1 Å². The third-order valence-electron chi connectivity index (χ3n) is 4.27. The van der Waals surface area contributed by atoms with Crippen LogP contribution >= 0.6 is 0 Å². The van der Waals surface area contributed by atoms with Crippen LogP contribution < -0.4 is 9.64 Å². The molecule has 2 aromatic heterocycles. The molecule has 0 N–H and O–H groups in total. The average molecular weight is 309 g/mol. The number of aromatic nitrogens is 2. The fourth-order valence-electron chi connectivity index (χ4n) is 2.92. The molecule has 0 spiro atoms. The summed E-state index contributed by atoms with van der Waals surface area (Å²) in [5.41, 5.74) is 1.77. The zero-order valence-corrected chi connectivity index (χ0v) is 12.9. The number of benzene rings is 1. The van der Waals surface area contributed by atoms with Gasteiger partial charge in [0.2, 0.25) is 5.88 Å². The van der Waals surface area contributed by atoms with Gasteiger partial charge in [-0.2, -0.15) is 4.98 Å². The highest BCUT2D eigenvalue weighted by Crippen LogP contribution is 2.26. The minimum atomic E-state index is 0.553. The Morgan fingerprint density at radius 2 is 1.91 bits per heavy atom. The number of piperidine rings is 1. The van der Waals surface area contributed by atoms with Gasteiger partial charge in [-0.15, -0.1) is 0 Å². The molecule has 1 fully saturated rings. The maximum absolute atomic E-state index is 5.85. The van der Waals surface area contributed by atoms with Crippen molar-refractivity contribution in [2.24, 2.45) is 5.92 Å². The number of rotatable bonds is 4. The number of anilines is 1. The van der Waals surface area contributed by atoms with Gasteiger partial charge in [0.15, 0.2) is 5.58 Å². The van der Waals surface area contributed by atoms with E-state index in [1.165, 1.54) is 0 Å². The average Bonchev–Trinajstić information content (AvgIpc) is 3.05. The lowest BCUT2D eigenvalue weighted by Crippen LogP contribution is -2.35. The molecule has 23 heavy (non-hydrogen) atoms. The van der Waals surface area contributed by atoms with Gasteiger partial charge in [-0.25, -0.2) is 4.98 Å². The predicted octanol–water partition coefficient (Wildman–Crippen LogP) is 3.52. The van der Waals surface area contributed by atoms with E-state index in [2.05, 4.69) is 14.9 Å². The number of oxazole rings is 1. The Morgan fingerprint density at radius 3 is 2.70 bits per heavy atom. The number of ether oxygens (including phenoxy) is 1. The van der Waals surface area contributed by atoms with E-state index < -0.39 is 0 Å². The van der Waals surface area contributed by atoms with Crippen LogP contribution in [0.1, 0.15) is 12.8 Å². The fourth-order valence-corrected chi connectivity index (χ4v) is 2.92. The van der Waals surface area contributed by atoms with Crippen molar-refractivity contribution in [3.63, 3.8) is 0 Å². The molecule has 1 saturated heterocycles. The smallest absolute Gasteiger partial charge is 0.298 e. The minimum absolute atomic E-state index is 0.553. The molecule has 5 heteroatoms. The normalized spacial score (nSPS) is 15.9. The lowest BCUT2D eigenvalue weighted by atomic mass is 9.98. The second-order valence-electron chi connectivity index (χ2n) is 5.87. The Balaban J connectivity index is 1.33. The first-order chi connectivity index (χ1) is 11.4. The van der Waals surface area contributed by atoms with Gasteiger partial charge in [-0.1, -0.05) is 18.2 Å². The van der Waals surface area contributed by atoms with Gasteiger partial charge in [-0.3, -0.25) is 0 Å². The molecule has 0 atom stereocenters. The second kappa shape index (κ2) is 6.28. The highest BCUT2D eigenvalue weighted by atomic mass is 16.5. The van der Waals surface area contributed by atoms with Crippen LogP contribution in [-0.4, -0.2) is 29.7 Å². The van der Waals surface area contributed by atoms with E-state index in [9.17, 15) is 0 Å². The van der Waals surface area contributed by atoms with E-state index in [0.29, 0.717) is 11.8 Å². The lowest BCUT2D eigenvalue weighted by molar-refractivity contribution is 0.214. The molecular weight excluding hydrogens is 290 g/mol. The van der Waals surface area contributed by atoms with E-state index in [1.54, 1.807) is 6.20 Å². The Bertz CT molecular complexity index is 731. The summed E-state index contributed by atoms with van der Waals surface area (Å²) >= 11 is 0. The zero-order chi connectivity index (χ0) is 15.5. The van der Waals surface area contributed by atoms with Crippen LogP contribution in [0, 0.1) is 5.92 Å². The van der Waals surface area contributed by atoms with Crippen LogP contribution in [0.5, 0.6) is 5.88 Å².